The Morgan fingerprint density at radius 1 is 1.17 bits per heavy atom. The van der Waals surface area contributed by atoms with E-state index in [1.807, 2.05) is 0 Å². The lowest BCUT2D eigenvalue weighted by atomic mass is 10.1. The van der Waals surface area contributed by atoms with E-state index in [-0.39, 0.29) is 0 Å². The third-order valence-electron chi connectivity index (χ3n) is 4.35. The summed E-state index contributed by atoms with van der Waals surface area (Å²) in [6, 6.07) is 11.0. The molecule has 2 heteroatoms. The molecule has 1 aromatic carbocycles. The zero-order valence-corrected chi connectivity index (χ0v) is 11.5. The van der Waals surface area contributed by atoms with Crippen LogP contribution in [0.3, 0.4) is 0 Å². The van der Waals surface area contributed by atoms with Crippen LogP contribution in [0.1, 0.15) is 43.4 Å². The molecule has 1 saturated carbocycles. The van der Waals surface area contributed by atoms with Crippen LogP contribution in [0, 0.1) is 6.92 Å². The summed E-state index contributed by atoms with van der Waals surface area (Å²) >= 11 is 0. The SMILES string of the molecule is Cc1ccc([C@H](C)NC2CCN(C3CC3)C2)cc1. The van der Waals surface area contributed by atoms with Gasteiger partial charge in [0.15, 0.2) is 0 Å². The second-order valence-corrected chi connectivity index (χ2v) is 6.01. The van der Waals surface area contributed by atoms with Gasteiger partial charge >= 0.3 is 0 Å². The fraction of sp³-hybridized carbons (Fsp3) is 0.625. The number of hydrogen-bond donors (Lipinski definition) is 1. The van der Waals surface area contributed by atoms with Gasteiger partial charge in [-0.15, -0.1) is 0 Å². The van der Waals surface area contributed by atoms with Gasteiger partial charge in [-0.05, 0) is 38.7 Å². The van der Waals surface area contributed by atoms with Gasteiger partial charge < -0.3 is 5.32 Å². The van der Waals surface area contributed by atoms with Crippen molar-refractivity contribution in [3.8, 4) is 0 Å². The van der Waals surface area contributed by atoms with Crippen LogP contribution in [0.5, 0.6) is 0 Å². The molecule has 2 atom stereocenters. The van der Waals surface area contributed by atoms with Crippen LogP contribution in [0.2, 0.25) is 0 Å². The quantitative estimate of drug-likeness (QED) is 0.876. The van der Waals surface area contributed by atoms with E-state index in [1.54, 1.807) is 0 Å². The molecule has 1 unspecified atom stereocenters. The van der Waals surface area contributed by atoms with E-state index in [0.29, 0.717) is 12.1 Å². The van der Waals surface area contributed by atoms with Crippen LogP contribution in [-0.2, 0) is 0 Å². The molecule has 1 heterocycles. The summed E-state index contributed by atoms with van der Waals surface area (Å²) in [6.45, 7) is 6.97. The average Bonchev–Trinajstić information content (AvgIpc) is 3.11. The van der Waals surface area contributed by atoms with Gasteiger partial charge in [0.2, 0.25) is 0 Å². The van der Waals surface area contributed by atoms with Crippen molar-refractivity contribution in [2.24, 2.45) is 0 Å². The van der Waals surface area contributed by atoms with Gasteiger partial charge in [-0.25, -0.2) is 0 Å². The van der Waals surface area contributed by atoms with E-state index in [1.165, 1.54) is 43.5 Å². The molecule has 1 aliphatic heterocycles. The topological polar surface area (TPSA) is 15.3 Å². The van der Waals surface area contributed by atoms with E-state index >= 15 is 0 Å². The highest BCUT2D eigenvalue weighted by molar-refractivity contribution is 5.23. The van der Waals surface area contributed by atoms with Gasteiger partial charge in [0, 0.05) is 31.2 Å². The van der Waals surface area contributed by atoms with Crippen molar-refractivity contribution < 1.29 is 0 Å². The first kappa shape index (κ1) is 12.2. The Morgan fingerprint density at radius 2 is 1.89 bits per heavy atom. The molecule has 2 nitrogen and oxygen atoms in total. The Kier molecular flexibility index (Phi) is 3.40. The predicted octanol–water partition coefficient (Wildman–Crippen LogP) is 2.88. The van der Waals surface area contributed by atoms with E-state index in [9.17, 15) is 0 Å². The summed E-state index contributed by atoms with van der Waals surface area (Å²) in [6.07, 6.45) is 4.17. The Hall–Kier alpha value is -0.860. The fourth-order valence-corrected chi connectivity index (χ4v) is 3.00. The van der Waals surface area contributed by atoms with Crippen molar-refractivity contribution in [1.82, 2.24) is 10.2 Å². The number of rotatable bonds is 4. The van der Waals surface area contributed by atoms with Crippen LogP contribution in [-0.4, -0.2) is 30.1 Å². The van der Waals surface area contributed by atoms with Gasteiger partial charge in [-0.3, -0.25) is 4.90 Å². The highest BCUT2D eigenvalue weighted by Gasteiger charge is 2.34. The molecular weight excluding hydrogens is 220 g/mol. The number of benzene rings is 1. The van der Waals surface area contributed by atoms with Crippen LogP contribution in [0.15, 0.2) is 24.3 Å². The largest absolute Gasteiger partial charge is 0.306 e. The van der Waals surface area contributed by atoms with E-state index in [0.717, 1.165) is 6.04 Å². The summed E-state index contributed by atoms with van der Waals surface area (Å²) in [5.41, 5.74) is 2.75. The first-order valence-corrected chi connectivity index (χ1v) is 7.29. The first-order chi connectivity index (χ1) is 8.72. The number of aryl methyl sites for hydroxylation is 1. The minimum atomic E-state index is 0.467. The second-order valence-electron chi connectivity index (χ2n) is 6.01. The van der Waals surface area contributed by atoms with Gasteiger partial charge in [0.1, 0.15) is 0 Å². The van der Waals surface area contributed by atoms with Crippen molar-refractivity contribution >= 4 is 0 Å². The summed E-state index contributed by atoms with van der Waals surface area (Å²) < 4.78 is 0. The van der Waals surface area contributed by atoms with E-state index in [4.69, 9.17) is 0 Å². The third kappa shape index (κ3) is 2.76. The second kappa shape index (κ2) is 5.02. The van der Waals surface area contributed by atoms with Gasteiger partial charge in [-0.2, -0.15) is 0 Å². The molecule has 0 aromatic heterocycles. The maximum atomic E-state index is 3.79. The Labute approximate surface area is 110 Å². The highest BCUT2D eigenvalue weighted by Crippen LogP contribution is 2.30. The Morgan fingerprint density at radius 3 is 2.56 bits per heavy atom. The lowest BCUT2D eigenvalue weighted by Gasteiger charge is -2.21. The zero-order chi connectivity index (χ0) is 12.5. The average molecular weight is 244 g/mol. The van der Waals surface area contributed by atoms with Crippen molar-refractivity contribution in [2.75, 3.05) is 13.1 Å². The molecule has 0 radical (unpaired) electrons. The molecule has 2 aliphatic rings. The monoisotopic (exact) mass is 244 g/mol. The molecule has 98 valence electrons. The summed E-state index contributed by atoms with van der Waals surface area (Å²) in [5.74, 6) is 0. The summed E-state index contributed by atoms with van der Waals surface area (Å²) in [4.78, 5) is 2.67. The molecule has 2 fully saturated rings. The van der Waals surface area contributed by atoms with Crippen molar-refractivity contribution in [1.29, 1.82) is 0 Å². The van der Waals surface area contributed by atoms with Crippen molar-refractivity contribution in [3.05, 3.63) is 35.4 Å². The van der Waals surface area contributed by atoms with Crippen LogP contribution >= 0.6 is 0 Å². The molecule has 1 saturated heterocycles. The third-order valence-corrected chi connectivity index (χ3v) is 4.35. The van der Waals surface area contributed by atoms with E-state index in [2.05, 4.69) is 48.3 Å². The minimum Gasteiger partial charge on any atom is -0.306 e. The standard InChI is InChI=1S/C16H24N2/c1-12-3-5-14(6-4-12)13(2)17-15-9-10-18(11-15)16-7-8-16/h3-6,13,15-17H,7-11H2,1-2H3/t13-,15?/m0/s1. The number of likely N-dealkylation sites (tertiary alicyclic amines) is 1. The maximum absolute atomic E-state index is 3.79. The number of nitrogens with zero attached hydrogens (tertiary/aromatic N) is 1. The first-order valence-electron chi connectivity index (χ1n) is 7.29. The van der Waals surface area contributed by atoms with Gasteiger partial charge in [0.25, 0.3) is 0 Å². The lowest BCUT2D eigenvalue weighted by Crippen LogP contribution is -2.34. The summed E-state index contributed by atoms with van der Waals surface area (Å²) in [5, 5.41) is 3.79. The molecule has 0 spiro atoms. The fourth-order valence-electron chi connectivity index (χ4n) is 3.00. The van der Waals surface area contributed by atoms with Crippen molar-refractivity contribution in [3.63, 3.8) is 0 Å². The Bertz CT molecular complexity index is 394. The normalized spacial score (nSPS) is 26.4. The molecule has 1 N–H and O–H groups in total. The predicted molar refractivity (Wildman–Crippen MR) is 75.7 cm³/mol. The Balaban J connectivity index is 1.54. The molecular formula is C16H24N2. The molecule has 0 amide bonds. The molecule has 0 bridgehead atoms. The summed E-state index contributed by atoms with van der Waals surface area (Å²) in [7, 11) is 0. The van der Waals surface area contributed by atoms with Crippen molar-refractivity contribution in [2.45, 2.75) is 51.2 Å². The number of nitrogens with one attached hydrogen (secondary N) is 1. The highest BCUT2D eigenvalue weighted by atomic mass is 15.2. The molecule has 18 heavy (non-hydrogen) atoms. The van der Waals surface area contributed by atoms with Crippen LogP contribution < -0.4 is 5.32 Å². The molecule has 1 aromatic rings. The van der Waals surface area contributed by atoms with Gasteiger partial charge in [0.05, 0.1) is 0 Å². The maximum Gasteiger partial charge on any atom is 0.0294 e. The van der Waals surface area contributed by atoms with Crippen LogP contribution in [0.4, 0.5) is 0 Å². The molecule has 3 rings (SSSR count). The smallest absolute Gasteiger partial charge is 0.0294 e. The lowest BCUT2D eigenvalue weighted by molar-refractivity contribution is 0.313. The van der Waals surface area contributed by atoms with Crippen LogP contribution in [0.25, 0.3) is 0 Å². The number of hydrogen-bond acceptors (Lipinski definition) is 2. The van der Waals surface area contributed by atoms with Gasteiger partial charge in [-0.1, -0.05) is 29.8 Å². The zero-order valence-electron chi connectivity index (χ0n) is 11.5. The minimum absolute atomic E-state index is 0.467. The molecule has 1 aliphatic carbocycles. The van der Waals surface area contributed by atoms with E-state index < -0.39 is 0 Å².